The third kappa shape index (κ3) is 1.80. The molecule has 1 aliphatic heterocycles. The van der Waals surface area contributed by atoms with Crippen LogP contribution in [-0.2, 0) is 0 Å². The van der Waals surface area contributed by atoms with Gasteiger partial charge in [0.1, 0.15) is 0 Å². The van der Waals surface area contributed by atoms with Crippen molar-refractivity contribution in [3.05, 3.63) is 24.5 Å². The fraction of sp³-hybridized carbons (Fsp3) is 0.500. The van der Waals surface area contributed by atoms with Gasteiger partial charge in [-0.2, -0.15) is 0 Å². The van der Waals surface area contributed by atoms with Crippen molar-refractivity contribution in [2.75, 3.05) is 11.6 Å². The zero-order valence-electron chi connectivity index (χ0n) is 7.90. The quantitative estimate of drug-likeness (QED) is 0.743. The van der Waals surface area contributed by atoms with E-state index in [0.717, 1.165) is 6.54 Å². The Morgan fingerprint density at radius 3 is 3.23 bits per heavy atom. The van der Waals surface area contributed by atoms with Crippen LogP contribution >= 0.6 is 0 Å². The summed E-state index contributed by atoms with van der Waals surface area (Å²) in [4.78, 5) is 4.10. The summed E-state index contributed by atoms with van der Waals surface area (Å²) in [5.41, 5.74) is 4.62. The molecule has 3 heteroatoms. The van der Waals surface area contributed by atoms with Gasteiger partial charge in [-0.1, -0.05) is 6.92 Å². The van der Waals surface area contributed by atoms with E-state index in [1.165, 1.54) is 18.5 Å². The predicted molar refractivity (Wildman–Crippen MR) is 53.4 cm³/mol. The van der Waals surface area contributed by atoms with Gasteiger partial charge in [0.2, 0.25) is 0 Å². The molecule has 1 N–H and O–H groups in total. The van der Waals surface area contributed by atoms with Crippen LogP contribution in [0.15, 0.2) is 24.5 Å². The van der Waals surface area contributed by atoms with Crippen LogP contribution < -0.4 is 10.4 Å². The standard InChI is InChI=1S/C10H15N3/c1-2-9-5-7-13(12-9)10-4-3-6-11-8-10/h3-4,6,8-9,12H,2,5,7H2,1H3. The van der Waals surface area contributed by atoms with Gasteiger partial charge >= 0.3 is 0 Å². The summed E-state index contributed by atoms with van der Waals surface area (Å²) < 4.78 is 0. The molecule has 0 radical (unpaired) electrons. The van der Waals surface area contributed by atoms with Crippen LogP contribution in [0.4, 0.5) is 5.69 Å². The highest BCUT2D eigenvalue weighted by atomic mass is 15.5. The molecule has 1 aromatic heterocycles. The van der Waals surface area contributed by atoms with Gasteiger partial charge in [0.05, 0.1) is 11.9 Å². The molecule has 70 valence electrons. The van der Waals surface area contributed by atoms with Crippen molar-refractivity contribution in [2.45, 2.75) is 25.8 Å². The average molecular weight is 177 g/mol. The zero-order chi connectivity index (χ0) is 9.10. The Kier molecular flexibility index (Phi) is 2.45. The summed E-state index contributed by atoms with van der Waals surface area (Å²) in [5.74, 6) is 0. The monoisotopic (exact) mass is 177 g/mol. The molecule has 0 amide bonds. The van der Waals surface area contributed by atoms with Crippen LogP contribution in [0.5, 0.6) is 0 Å². The first kappa shape index (κ1) is 8.51. The van der Waals surface area contributed by atoms with Gasteiger partial charge in [-0.3, -0.25) is 4.98 Å². The molecule has 0 spiro atoms. The molecule has 1 unspecified atom stereocenters. The number of pyridine rings is 1. The topological polar surface area (TPSA) is 28.2 Å². The molecule has 1 fully saturated rings. The summed E-state index contributed by atoms with van der Waals surface area (Å²) in [7, 11) is 0. The third-order valence-electron chi connectivity index (χ3n) is 2.49. The van der Waals surface area contributed by atoms with Gasteiger partial charge in [-0.05, 0) is 25.0 Å². The lowest BCUT2D eigenvalue weighted by Gasteiger charge is -2.18. The lowest BCUT2D eigenvalue weighted by molar-refractivity contribution is 0.574. The van der Waals surface area contributed by atoms with E-state index in [4.69, 9.17) is 0 Å². The van der Waals surface area contributed by atoms with Crippen molar-refractivity contribution in [3.8, 4) is 0 Å². The molecule has 0 saturated carbocycles. The number of hydrazine groups is 1. The van der Waals surface area contributed by atoms with E-state index in [1.807, 2.05) is 12.3 Å². The largest absolute Gasteiger partial charge is 0.307 e. The van der Waals surface area contributed by atoms with Crippen molar-refractivity contribution in [1.29, 1.82) is 0 Å². The van der Waals surface area contributed by atoms with Crippen molar-refractivity contribution < 1.29 is 0 Å². The Morgan fingerprint density at radius 2 is 2.62 bits per heavy atom. The molecule has 13 heavy (non-hydrogen) atoms. The van der Waals surface area contributed by atoms with Crippen LogP contribution in [0.2, 0.25) is 0 Å². The van der Waals surface area contributed by atoms with Gasteiger partial charge in [0.15, 0.2) is 0 Å². The summed E-state index contributed by atoms with van der Waals surface area (Å²) in [5, 5.41) is 2.18. The first-order valence-electron chi connectivity index (χ1n) is 4.84. The fourth-order valence-electron chi connectivity index (χ4n) is 1.65. The second-order valence-corrected chi connectivity index (χ2v) is 3.39. The molecule has 2 heterocycles. The first-order valence-corrected chi connectivity index (χ1v) is 4.84. The van der Waals surface area contributed by atoms with Crippen LogP contribution in [0.1, 0.15) is 19.8 Å². The Morgan fingerprint density at radius 1 is 1.69 bits per heavy atom. The van der Waals surface area contributed by atoms with Gasteiger partial charge in [0, 0.05) is 18.8 Å². The normalized spacial score (nSPS) is 22.2. The fourth-order valence-corrected chi connectivity index (χ4v) is 1.65. The molecule has 1 atom stereocenters. The third-order valence-corrected chi connectivity index (χ3v) is 2.49. The summed E-state index contributed by atoms with van der Waals surface area (Å²) >= 11 is 0. The molecule has 1 aromatic rings. The summed E-state index contributed by atoms with van der Waals surface area (Å²) in [6.45, 7) is 3.30. The van der Waals surface area contributed by atoms with Crippen LogP contribution in [0, 0.1) is 0 Å². The maximum atomic E-state index is 4.10. The Bertz CT molecular complexity index is 260. The summed E-state index contributed by atoms with van der Waals surface area (Å²) in [6.07, 6.45) is 6.12. The van der Waals surface area contributed by atoms with Gasteiger partial charge in [-0.15, -0.1) is 0 Å². The van der Waals surface area contributed by atoms with Gasteiger partial charge in [-0.25, -0.2) is 5.43 Å². The van der Waals surface area contributed by atoms with Crippen molar-refractivity contribution in [1.82, 2.24) is 10.4 Å². The molecule has 1 saturated heterocycles. The predicted octanol–water partition coefficient (Wildman–Crippen LogP) is 1.57. The first-order chi connectivity index (χ1) is 6.40. The molecule has 2 rings (SSSR count). The number of hydrogen-bond acceptors (Lipinski definition) is 3. The smallest absolute Gasteiger partial charge is 0.0703 e. The van der Waals surface area contributed by atoms with Crippen LogP contribution in [0.3, 0.4) is 0 Å². The number of nitrogens with zero attached hydrogens (tertiary/aromatic N) is 2. The van der Waals surface area contributed by atoms with E-state index in [1.54, 1.807) is 6.20 Å². The Hall–Kier alpha value is -1.09. The number of aromatic nitrogens is 1. The highest BCUT2D eigenvalue weighted by Gasteiger charge is 2.19. The lowest BCUT2D eigenvalue weighted by Crippen LogP contribution is -2.35. The second kappa shape index (κ2) is 3.75. The number of hydrogen-bond donors (Lipinski definition) is 1. The van der Waals surface area contributed by atoms with Crippen molar-refractivity contribution in [2.24, 2.45) is 0 Å². The molecular weight excluding hydrogens is 162 g/mol. The zero-order valence-corrected chi connectivity index (χ0v) is 7.90. The number of nitrogens with one attached hydrogen (secondary N) is 1. The minimum absolute atomic E-state index is 0.639. The minimum Gasteiger partial charge on any atom is -0.307 e. The highest BCUT2D eigenvalue weighted by Crippen LogP contribution is 2.16. The number of anilines is 1. The lowest BCUT2D eigenvalue weighted by atomic mass is 10.2. The second-order valence-electron chi connectivity index (χ2n) is 3.39. The Balaban J connectivity index is 2.04. The maximum absolute atomic E-state index is 4.10. The SMILES string of the molecule is CCC1CCN(c2cccnc2)N1. The molecule has 3 nitrogen and oxygen atoms in total. The van der Waals surface area contributed by atoms with Crippen molar-refractivity contribution >= 4 is 5.69 Å². The maximum Gasteiger partial charge on any atom is 0.0703 e. The highest BCUT2D eigenvalue weighted by molar-refractivity contribution is 5.43. The van der Waals surface area contributed by atoms with Crippen molar-refractivity contribution in [3.63, 3.8) is 0 Å². The molecular formula is C10H15N3. The minimum atomic E-state index is 0.639. The molecule has 0 aliphatic carbocycles. The molecule has 0 bridgehead atoms. The van der Waals surface area contributed by atoms with Crippen LogP contribution in [-0.4, -0.2) is 17.6 Å². The van der Waals surface area contributed by atoms with E-state index >= 15 is 0 Å². The average Bonchev–Trinajstić information content (AvgIpc) is 2.67. The van der Waals surface area contributed by atoms with Crippen LogP contribution in [0.25, 0.3) is 0 Å². The van der Waals surface area contributed by atoms with E-state index in [9.17, 15) is 0 Å². The number of rotatable bonds is 2. The van der Waals surface area contributed by atoms with Gasteiger partial charge < -0.3 is 5.01 Å². The molecule has 0 aromatic carbocycles. The molecule has 1 aliphatic rings. The summed E-state index contributed by atoms with van der Waals surface area (Å²) in [6, 6.07) is 4.69. The van der Waals surface area contributed by atoms with E-state index in [-0.39, 0.29) is 0 Å². The Labute approximate surface area is 78.7 Å². The van der Waals surface area contributed by atoms with E-state index in [2.05, 4.69) is 28.4 Å². The van der Waals surface area contributed by atoms with Gasteiger partial charge in [0.25, 0.3) is 0 Å². The van der Waals surface area contributed by atoms with E-state index < -0.39 is 0 Å². The van der Waals surface area contributed by atoms with E-state index in [0.29, 0.717) is 6.04 Å².